The Morgan fingerprint density at radius 2 is 0.810 bits per heavy atom. The fourth-order valence-electron chi connectivity index (χ4n) is 11.3. The minimum atomic E-state index is -0.432. The van der Waals surface area contributed by atoms with E-state index < -0.39 is 6.04 Å². The zero-order valence-corrected chi connectivity index (χ0v) is 52.9. The molecule has 79 heavy (non-hydrogen) atoms. The smallest absolute Gasteiger partial charge is 0.324 e. The first-order chi connectivity index (χ1) is 38.7. The van der Waals surface area contributed by atoms with Gasteiger partial charge in [0.25, 0.3) is 0 Å². The van der Waals surface area contributed by atoms with E-state index in [2.05, 4.69) is 45.8 Å². The SMILES string of the molecule is C=CCCCCCCCC(CCCCCCCC=C)OC(=O)C(Cc1cn(C)cn1)N(CCCCCCOC(=O)C(CCCCCC)CCCCCCCC)CCCCCCOC(=O)C(CCCCCC)CCCCCCCC. The topological polar surface area (TPSA) is 100.0 Å². The second-order valence-corrected chi connectivity index (χ2v) is 24.0. The largest absolute Gasteiger partial charge is 0.465 e. The second kappa shape index (κ2) is 55.6. The third-order valence-electron chi connectivity index (χ3n) is 16.5. The number of carbonyl (C=O) groups is 3. The third-order valence-corrected chi connectivity index (χ3v) is 16.5. The summed E-state index contributed by atoms with van der Waals surface area (Å²) in [5.41, 5.74) is 0.911. The first kappa shape index (κ1) is 74.1. The first-order valence-electron chi connectivity index (χ1n) is 34.2. The fraction of sp³-hybridized carbons (Fsp3) is 0.857. The molecule has 0 spiro atoms. The molecule has 1 aromatic rings. The van der Waals surface area contributed by atoms with Crippen LogP contribution < -0.4 is 0 Å². The highest BCUT2D eigenvalue weighted by Crippen LogP contribution is 2.25. The molecule has 0 bridgehead atoms. The molecule has 1 aromatic heterocycles. The number of carbonyl (C=O) groups excluding carboxylic acids is 3. The maximum atomic E-state index is 14.8. The highest BCUT2D eigenvalue weighted by molar-refractivity contribution is 5.76. The van der Waals surface area contributed by atoms with Crippen molar-refractivity contribution in [1.82, 2.24) is 14.5 Å². The molecule has 0 aliphatic carbocycles. The molecule has 0 saturated carbocycles. The number of hydrogen-bond donors (Lipinski definition) is 0. The average Bonchev–Trinajstić information content (AvgIpc) is 3.87. The van der Waals surface area contributed by atoms with Crippen molar-refractivity contribution in [1.29, 1.82) is 0 Å². The molecule has 0 radical (unpaired) electrons. The van der Waals surface area contributed by atoms with Gasteiger partial charge in [-0.15, -0.1) is 13.2 Å². The highest BCUT2D eigenvalue weighted by atomic mass is 16.5. The highest BCUT2D eigenvalue weighted by Gasteiger charge is 2.30. The van der Waals surface area contributed by atoms with E-state index in [4.69, 9.17) is 19.2 Å². The second-order valence-electron chi connectivity index (χ2n) is 24.0. The molecule has 0 N–H and O–H groups in total. The van der Waals surface area contributed by atoms with Crippen LogP contribution in [0.1, 0.15) is 329 Å². The van der Waals surface area contributed by atoms with E-state index in [0.29, 0.717) is 19.6 Å². The molecule has 3 atom stereocenters. The minimum absolute atomic E-state index is 0.0149. The van der Waals surface area contributed by atoms with Crippen LogP contribution in [-0.2, 0) is 42.1 Å². The van der Waals surface area contributed by atoms with E-state index in [1.165, 1.54) is 141 Å². The molecule has 3 unspecified atom stereocenters. The Morgan fingerprint density at radius 1 is 0.468 bits per heavy atom. The van der Waals surface area contributed by atoms with Crippen molar-refractivity contribution in [2.45, 2.75) is 342 Å². The van der Waals surface area contributed by atoms with E-state index >= 15 is 0 Å². The lowest BCUT2D eigenvalue weighted by Crippen LogP contribution is -2.46. The molecule has 0 aliphatic rings. The number of imidazole rings is 1. The van der Waals surface area contributed by atoms with Gasteiger partial charge in [0.1, 0.15) is 12.1 Å². The molecule has 0 aliphatic heterocycles. The lowest BCUT2D eigenvalue weighted by molar-refractivity contribution is -0.156. The minimum Gasteiger partial charge on any atom is -0.465 e. The maximum absolute atomic E-state index is 14.8. The molecular weight excluding hydrogens is 979 g/mol. The zero-order valence-electron chi connectivity index (χ0n) is 52.9. The number of rotatable bonds is 61. The number of ether oxygens (including phenoxy) is 3. The van der Waals surface area contributed by atoms with Crippen molar-refractivity contribution in [3.05, 3.63) is 43.5 Å². The van der Waals surface area contributed by atoms with Crippen LogP contribution in [0.4, 0.5) is 0 Å². The summed E-state index contributed by atoms with van der Waals surface area (Å²) in [6.45, 7) is 19.3. The number of unbranched alkanes of at least 4 members (excludes halogenated alkanes) is 32. The number of aryl methyl sites for hydroxylation is 1. The van der Waals surface area contributed by atoms with Crippen LogP contribution in [0.25, 0.3) is 0 Å². The van der Waals surface area contributed by atoms with Crippen LogP contribution in [0, 0.1) is 11.8 Å². The first-order valence-corrected chi connectivity index (χ1v) is 34.2. The predicted octanol–water partition coefficient (Wildman–Crippen LogP) is 20.3. The van der Waals surface area contributed by atoms with Crippen LogP contribution >= 0.6 is 0 Å². The van der Waals surface area contributed by atoms with Crippen molar-refractivity contribution in [3.63, 3.8) is 0 Å². The van der Waals surface area contributed by atoms with Crippen molar-refractivity contribution in [2.24, 2.45) is 18.9 Å². The predicted molar refractivity (Wildman–Crippen MR) is 337 cm³/mol. The van der Waals surface area contributed by atoms with Crippen molar-refractivity contribution in [3.8, 4) is 0 Å². The van der Waals surface area contributed by atoms with E-state index in [-0.39, 0.29) is 35.8 Å². The molecule has 1 heterocycles. The molecule has 1 rings (SSSR count). The summed E-state index contributed by atoms with van der Waals surface area (Å²) in [6, 6.07) is -0.432. The molecule has 0 saturated heterocycles. The number of nitrogens with zero attached hydrogens (tertiary/aromatic N) is 3. The Labute approximate surface area is 489 Å². The van der Waals surface area contributed by atoms with Gasteiger partial charge in [0, 0.05) is 19.7 Å². The Bertz CT molecular complexity index is 1470. The maximum Gasteiger partial charge on any atom is 0.324 e. The third kappa shape index (κ3) is 43.4. The molecule has 460 valence electrons. The number of aromatic nitrogens is 2. The van der Waals surface area contributed by atoms with Gasteiger partial charge in [-0.05, 0) is 116 Å². The average molecular weight is 1110 g/mol. The summed E-state index contributed by atoms with van der Waals surface area (Å²) in [5, 5.41) is 0. The van der Waals surface area contributed by atoms with Crippen LogP contribution in [0.5, 0.6) is 0 Å². The van der Waals surface area contributed by atoms with E-state index in [1.54, 1.807) is 0 Å². The fourth-order valence-corrected chi connectivity index (χ4v) is 11.3. The lowest BCUT2D eigenvalue weighted by Gasteiger charge is -2.31. The molecule has 9 heteroatoms. The van der Waals surface area contributed by atoms with E-state index in [1.807, 2.05) is 36.3 Å². The summed E-state index contributed by atoms with van der Waals surface area (Å²) in [7, 11) is 1.99. The summed E-state index contributed by atoms with van der Waals surface area (Å²) in [4.78, 5) is 48.8. The Kier molecular flexibility index (Phi) is 52.1. The van der Waals surface area contributed by atoms with E-state index in [9.17, 15) is 14.4 Å². The van der Waals surface area contributed by atoms with Crippen LogP contribution in [-0.4, -0.2) is 70.8 Å². The standard InChI is InChI=1S/C70H129N3O6/c1-8-14-20-26-30-34-44-54-66(55-45-35-31-27-21-15-9-2)79-70(76)67(60-65-61-72(7)62-71-65)73(56-46-36-38-48-58-77-68(74)63(50-40-24-18-12-5)52-42-32-28-22-16-10-3)57-47-37-39-49-59-78-69(75)64(51-41-25-19-13-6)53-43-33-29-23-17-11-4/h8-9,61-64,66-67H,1-2,10-60H2,3-7H3. The quantitative estimate of drug-likeness (QED) is 0.0275. The van der Waals surface area contributed by atoms with E-state index in [0.717, 1.165) is 173 Å². The van der Waals surface area contributed by atoms with Gasteiger partial charge in [0.2, 0.25) is 0 Å². The molecule has 0 amide bonds. The van der Waals surface area contributed by atoms with Crippen LogP contribution in [0.2, 0.25) is 0 Å². The Morgan fingerprint density at radius 3 is 1.19 bits per heavy atom. The van der Waals surface area contributed by atoms with Gasteiger partial charge in [-0.1, -0.05) is 232 Å². The molecular formula is C70H129N3O6. The van der Waals surface area contributed by atoms with Crippen molar-refractivity contribution < 1.29 is 28.6 Å². The van der Waals surface area contributed by atoms with Gasteiger partial charge in [-0.3, -0.25) is 19.3 Å². The normalized spacial score (nSPS) is 12.7. The zero-order chi connectivity index (χ0) is 57.5. The summed E-state index contributed by atoms with van der Waals surface area (Å²) in [5.74, 6) is -0.0259. The van der Waals surface area contributed by atoms with Gasteiger partial charge in [-0.25, -0.2) is 4.98 Å². The van der Waals surface area contributed by atoms with Gasteiger partial charge in [0.05, 0.1) is 37.1 Å². The van der Waals surface area contributed by atoms with Gasteiger partial charge < -0.3 is 18.8 Å². The van der Waals surface area contributed by atoms with Crippen LogP contribution in [0.15, 0.2) is 37.8 Å². The molecule has 0 aromatic carbocycles. The summed E-state index contributed by atoms with van der Waals surface area (Å²) >= 11 is 0. The van der Waals surface area contributed by atoms with Crippen LogP contribution in [0.3, 0.4) is 0 Å². The molecule has 9 nitrogen and oxygen atoms in total. The van der Waals surface area contributed by atoms with Crippen molar-refractivity contribution in [2.75, 3.05) is 26.3 Å². The number of hydrogen-bond acceptors (Lipinski definition) is 8. The van der Waals surface area contributed by atoms with Crippen molar-refractivity contribution >= 4 is 17.9 Å². The lowest BCUT2D eigenvalue weighted by atomic mass is 9.94. The molecule has 0 fully saturated rings. The van der Waals surface area contributed by atoms with Gasteiger partial charge in [-0.2, -0.15) is 0 Å². The number of esters is 3. The van der Waals surface area contributed by atoms with Gasteiger partial charge >= 0.3 is 17.9 Å². The Hall–Kier alpha value is -2.94. The monoisotopic (exact) mass is 1110 g/mol. The summed E-state index contributed by atoms with van der Waals surface area (Å²) < 4.78 is 20.6. The Balaban J connectivity index is 3.13. The number of allylic oxidation sites excluding steroid dienone is 2. The summed E-state index contributed by atoms with van der Waals surface area (Å²) in [6.07, 6.45) is 59.7. The van der Waals surface area contributed by atoms with Gasteiger partial charge in [0.15, 0.2) is 0 Å².